The van der Waals surface area contributed by atoms with E-state index in [1.165, 1.54) is 6.42 Å². The zero-order chi connectivity index (χ0) is 13.3. The molecular formula is C17H24O. The molecule has 0 amide bonds. The van der Waals surface area contributed by atoms with E-state index >= 15 is 0 Å². The van der Waals surface area contributed by atoms with E-state index in [0.29, 0.717) is 0 Å². The molecule has 0 rings (SSSR count). The first kappa shape index (κ1) is 16.5. The predicted octanol–water partition coefficient (Wildman–Crippen LogP) is 4.18. The fraction of sp³-hybridized carbons (Fsp3) is 0.412. The van der Waals surface area contributed by atoms with Crippen molar-refractivity contribution >= 4 is 0 Å². The van der Waals surface area contributed by atoms with Gasteiger partial charge in [-0.05, 0) is 37.8 Å². The Bertz CT molecular complexity index is 334. The molecule has 1 nitrogen and oxygen atoms in total. The molecule has 0 aliphatic rings. The van der Waals surface area contributed by atoms with Gasteiger partial charge >= 0.3 is 0 Å². The Morgan fingerprint density at radius 2 is 1.61 bits per heavy atom. The molecule has 0 aromatic rings. The second-order valence-corrected chi connectivity index (χ2v) is 3.85. The highest BCUT2D eigenvalue weighted by molar-refractivity contribution is 5.25. The Morgan fingerprint density at radius 1 is 0.833 bits per heavy atom. The minimum atomic E-state index is 0.143. The molecule has 0 saturated carbocycles. The summed E-state index contributed by atoms with van der Waals surface area (Å²) in [5.74, 6) is 5.92. The average Bonchev–Trinajstić information content (AvgIpc) is 2.39. The number of aliphatic hydroxyl groups is 1. The standard InChI is InChI=1S/C17H24O/c1-2-3-4-5-6-7-8-9-10-11-12-13-14-15-16-17-18/h4-5,8-11,15-16,18H,2-3,12-14,17H2,1H3. The zero-order valence-corrected chi connectivity index (χ0v) is 11.3. The van der Waals surface area contributed by atoms with Crippen LogP contribution in [0.5, 0.6) is 0 Å². The predicted molar refractivity (Wildman–Crippen MR) is 80.2 cm³/mol. The second-order valence-electron chi connectivity index (χ2n) is 3.85. The summed E-state index contributed by atoms with van der Waals surface area (Å²) >= 11 is 0. The van der Waals surface area contributed by atoms with Gasteiger partial charge in [-0.2, -0.15) is 0 Å². The molecule has 98 valence electrons. The summed E-state index contributed by atoms with van der Waals surface area (Å²) in [4.78, 5) is 0. The minimum Gasteiger partial charge on any atom is -0.392 e. The second kappa shape index (κ2) is 15.5. The Balaban J connectivity index is 3.53. The lowest BCUT2D eigenvalue weighted by molar-refractivity contribution is 0.342. The van der Waals surface area contributed by atoms with Crippen molar-refractivity contribution in [1.29, 1.82) is 0 Å². The molecular weight excluding hydrogens is 220 g/mol. The summed E-state index contributed by atoms with van der Waals surface area (Å²) < 4.78 is 0. The Morgan fingerprint density at radius 3 is 2.39 bits per heavy atom. The van der Waals surface area contributed by atoms with Gasteiger partial charge in [0.1, 0.15) is 0 Å². The van der Waals surface area contributed by atoms with Gasteiger partial charge in [0.15, 0.2) is 0 Å². The van der Waals surface area contributed by atoms with E-state index in [0.717, 1.165) is 25.7 Å². The maximum atomic E-state index is 8.53. The van der Waals surface area contributed by atoms with E-state index in [2.05, 4.69) is 30.9 Å². The van der Waals surface area contributed by atoms with Crippen molar-refractivity contribution in [3.8, 4) is 11.8 Å². The number of hydrogen-bond donors (Lipinski definition) is 1. The lowest BCUT2D eigenvalue weighted by atomic mass is 10.2. The smallest absolute Gasteiger partial charge is 0.0612 e. The molecule has 0 heterocycles. The lowest BCUT2D eigenvalue weighted by Gasteiger charge is -1.88. The normalized spacial score (nSPS) is 11.9. The van der Waals surface area contributed by atoms with Crippen molar-refractivity contribution in [2.75, 3.05) is 6.61 Å². The molecule has 0 aromatic carbocycles. The lowest BCUT2D eigenvalue weighted by Crippen LogP contribution is -1.72. The van der Waals surface area contributed by atoms with Crippen LogP contribution in [-0.4, -0.2) is 11.7 Å². The van der Waals surface area contributed by atoms with Crippen molar-refractivity contribution in [1.82, 2.24) is 0 Å². The summed E-state index contributed by atoms with van der Waals surface area (Å²) in [5.41, 5.74) is 0. The van der Waals surface area contributed by atoms with Crippen LogP contribution in [0.25, 0.3) is 0 Å². The van der Waals surface area contributed by atoms with Crippen molar-refractivity contribution in [3.63, 3.8) is 0 Å². The molecule has 18 heavy (non-hydrogen) atoms. The van der Waals surface area contributed by atoms with Gasteiger partial charge in [0, 0.05) is 0 Å². The molecule has 1 N–H and O–H groups in total. The van der Waals surface area contributed by atoms with Gasteiger partial charge in [-0.3, -0.25) is 0 Å². The quantitative estimate of drug-likeness (QED) is 0.294. The number of unbranched alkanes of at least 4 members (excludes halogenated alkanes) is 3. The van der Waals surface area contributed by atoms with Gasteiger partial charge < -0.3 is 5.11 Å². The molecule has 0 unspecified atom stereocenters. The first-order valence-electron chi connectivity index (χ1n) is 6.65. The number of allylic oxidation sites excluding steroid dienone is 7. The van der Waals surface area contributed by atoms with Crippen LogP contribution in [-0.2, 0) is 0 Å². The fourth-order valence-corrected chi connectivity index (χ4v) is 1.23. The summed E-state index contributed by atoms with van der Waals surface area (Å²) in [5, 5.41) is 8.53. The zero-order valence-electron chi connectivity index (χ0n) is 11.3. The van der Waals surface area contributed by atoms with Crippen LogP contribution >= 0.6 is 0 Å². The van der Waals surface area contributed by atoms with E-state index in [9.17, 15) is 0 Å². The molecule has 0 radical (unpaired) electrons. The highest BCUT2D eigenvalue weighted by Gasteiger charge is 1.78. The molecule has 1 heteroatoms. The van der Waals surface area contributed by atoms with Gasteiger partial charge in [0.2, 0.25) is 0 Å². The SMILES string of the molecule is CCCC=CC#CC=CC=CCCCC=CCO. The Kier molecular flexibility index (Phi) is 14.2. The van der Waals surface area contributed by atoms with Crippen molar-refractivity contribution in [2.45, 2.75) is 39.0 Å². The minimum absolute atomic E-state index is 0.143. The van der Waals surface area contributed by atoms with Gasteiger partial charge in [0.25, 0.3) is 0 Å². The van der Waals surface area contributed by atoms with Crippen LogP contribution in [0.3, 0.4) is 0 Å². The molecule has 0 atom stereocenters. The van der Waals surface area contributed by atoms with E-state index in [1.807, 2.05) is 30.4 Å². The Hall–Kier alpha value is -1.52. The van der Waals surface area contributed by atoms with Crippen LogP contribution in [0.1, 0.15) is 39.0 Å². The largest absolute Gasteiger partial charge is 0.392 e. The van der Waals surface area contributed by atoms with Gasteiger partial charge in [0.05, 0.1) is 6.61 Å². The number of rotatable bonds is 8. The van der Waals surface area contributed by atoms with E-state index in [1.54, 1.807) is 6.08 Å². The molecule has 0 aromatic heterocycles. The van der Waals surface area contributed by atoms with Crippen LogP contribution < -0.4 is 0 Å². The topological polar surface area (TPSA) is 20.2 Å². The van der Waals surface area contributed by atoms with Crippen molar-refractivity contribution in [2.24, 2.45) is 0 Å². The third kappa shape index (κ3) is 14.5. The number of hydrogen-bond acceptors (Lipinski definition) is 1. The maximum absolute atomic E-state index is 8.53. The molecule has 0 bridgehead atoms. The van der Waals surface area contributed by atoms with Crippen LogP contribution in [0.2, 0.25) is 0 Å². The van der Waals surface area contributed by atoms with Gasteiger partial charge in [-0.25, -0.2) is 0 Å². The molecule has 0 aliphatic heterocycles. The first-order valence-corrected chi connectivity index (χ1v) is 6.65. The third-order valence-electron chi connectivity index (χ3n) is 2.18. The molecule has 0 fully saturated rings. The highest BCUT2D eigenvalue weighted by Crippen LogP contribution is 1.97. The van der Waals surface area contributed by atoms with Gasteiger partial charge in [-0.1, -0.05) is 61.6 Å². The first-order chi connectivity index (χ1) is 8.91. The summed E-state index contributed by atoms with van der Waals surface area (Å²) in [6, 6.07) is 0. The highest BCUT2D eigenvalue weighted by atomic mass is 16.2. The van der Waals surface area contributed by atoms with Crippen molar-refractivity contribution in [3.05, 3.63) is 48.6 Å². The summed E-state index contributed by atoms with van der Waals surface area (Å²) in [7, 11) is 0. The summed E-state index contributed by atoms with van der Waals surface area (Å²) in [6.07, 6.45) is 21.3. The summed E-state index contributed by atoms with van der Waals surface area (Å²) in [6.45, 7) is 2.30. The van der Waals surface area contributed by atoms with Crippen LogP contribution in [0, 0.1) is 11.8 Å². The van der Waals surface area contributed by atoms with Crippen LogP contribution in [0.4, 0.5) is 0 Å². The van der Waals surface area contributed by atoms with E-state index in [-0.39, 0.29) is 6.61 Å². The maximum Gasteiger partial charge on any atom is 0.0612 e. The molecule has 0 saturated heterocycles. The number of aliphatic hydroxyl groups excluding tert-OH is 1. The average molecular weight is 244 g/mol. The van der Waals surface area contributed by atoms with Gasteiger partial charge in [-0.15, -0.1) is 0 Å². The van der Waals surface area contributed by atoms with E-state index < -0.39 is 0 Å². The monoisotopic (exact) mass is 244 g/mol. The van der Waals surface area contributed by atoms with Crippen LogP contribution in [0.15, 0.2) is 48.6 Å². The van der Waals surface area contributed by atoms with Crippen molar-refractivity contribution < 1.29 is 5.11 Å². The Labute approximate surface area is 112 Å². The third-order valence-corrected chi connectivity index (χ3v) is 2.18. The van der Waals surface area contributed by atoms with E-state index in [4.69, 9.17) is 5.11 Å². The molecule has 0 spiro atoms. The molecule has 0 aliphatic carbocycles. The fourth-order valence-electron chi connectivity index (χ4n) is 1.23.